The number of tetrazole rings is 1. The van der Waals surface area contributed by atoms with Gasteiger partial charge in [0.25, 0.3) is 0 Å². The van der Waals surface area contributed by atoms with Crippen molar-refractivity contribution < 1.29 is 4.79 Å². The van der Waals surface area contributed by atoms with Crippen LogP contribution in [0.4, 0.5) is 5.69 Å². The van der Waals surface area contributed by atoms with E-state index in [-0.39, 0.29) is 17.1 Å². The number of thioether (sulfide) groups is 1. The van der Waals surface area contributed by atoms with Gasteiger partial charge in [-0.1, -0.05) is 68.4 Å². The molecule has 1 N–H and O–H groups in total. The van der Waals surface area contributed by atoms with Crippen LogP contribution in [0.25, 0.3) is 5.69 Å². The van der Waals surface area contributed by atoms with Crippen molar-refractivity contribution in [3.8, 4) is 5.69 Å². The van der Waals surface area contributed by atoms with E-state index in [1.807, 2.05) is 50.2 Å². The number of nitrogens with zero attached hydrogens (tertiary/aromatic N) is 4. The number of benzene rings is 2. The van der Waals surface area contributed by atoms with Gasteiger partial charge in [0.2, 0.25) is 11.1 Å². The van der Waals surface area contributed by atoms with Gasteiger partial charge in [0.15, 0.2) is 0 Å². The highest BCUT2D eigenvalue weighted by Crippen LogP contribution is 2.29. The van der Waals surface area contributed by atoms with Gasteiger partial charge in [-0.2, -0.15) is 4.68 Å². The Morgan fingerprint density at radius 2 is 1.89 bits per heavy atom. The first kappa shape index (κ1) is 20.1. The maximum atomic E-state index is 12.5. The van der Waals surface area contributed by atoms with Crippen LogP contribution in [0.5, 0.6) is 0 Å². The quantitative estimate of drug-likeness (QED) is 0.652. The number of rotatable bonds is 5. The van der Waals surface area contributed by atoms with E-state index in [9.17, 15) is 4.79 Å². The van der Waals surface area contributed by atoms with Crippen molar-refractivity contribution in [2.24, 2.45) is 0 Å². The summed E-state index contributed by atoms with van der Waals surface area (Å²) >= 11 is 1.32. The van der Waals surface area contributed by atoms with Crippen LogP contribution < -0.4 is 5.32 Å². The van der Waals surface area contributed by atoms with Gasteiger partial charge in [-0.15, -0.1) is 5.10 Å². The number of carbonyl (C=O) groups is 1. The van der Waals surface area contributed by atoms with Crippen LogP contribution in [0, 0.1) is 13.8 Å². The molecule has 0 aliphatic rings. The monoisotopic (exact) mass is 395 g/mol. The molecule has 7 heteroatoms. The second kappa shape index (κ2) is 8.14. The Morgan fingerprint density at radius 1 is 1.14 bits per heavy atom. The molecule has 0 atom stereocenters. The molecule has 1 amide bonds. The topological polar surface area (TPSA) is 72.7 Å². The van der Waals surface area contributed by atoms with Crippen LogP contribution in [0.1, 0.15) is 37.5 Å². The Balaban J connectivity index is 1.71. The molecule has 28 heavy (non-hydrogen) atoms. The van der Waals surface area contributed by atoms with Gasteiger partial charge in [0, 0.05) is 5.69 Å². The molecule has 1 aromatic heterocycles. The molecule has 146 valence electrons. The Hall–Kier alpha value is -2.67. The van der Waals surface area contributed by atoms with Crippen molar-refractivity contribution in [3.05, 3.63) is 59.2 Å². The fourth-order valence-corrected chi connectivity index (χ4v) is 3.71. The number of aryl methyl sites for hydroxylation is 2. The second-order valence-electron chi connectivity index (χ2n) is 7.80. The molecule has 6 nitrogen and oxygen atoms in total. The lowest BCUT2D eigenvalue weighted by atomic mass is 9.86. The number of aromatic nitrogens is 4. The largest absolute Gasteiger partial charge is 0.325 e. The van der Waals surface area contributed by atoms with E-state index in [1.54, 1.807) is 4.68 Å². The lowest BCUT2D eigenvalue weighted by Gasteiger charge is -2.22. The van der Waals surface area contributed by atoms with Crippen molar-refractivity contribution in [1.82, 2.24) is 20.2 Å². The van der Waals surface area contributed by atoms with E-state index < -0.39 is 0 Å². The van der Waals surface area contributed by atoms with E-state index in [2.05, 4.69) is 47.7 Å². The normalized spacial score (nSPS) is 11.5. The van der Waals surface area contributed by atoms with Gasteiger partial charge < -0.3 is 5.32 Å². The van der Waals surface area contributed by atoms with Crippen molar-refractivity contribution in [2.75, 3.05) is 11.1 Å². The summed E-state index contributed by atoms with van der Waals surface area (Å²) in [7, 11) is 0. The minimum Gasteiger partial charge on any atom is -0.325 e. The molecular weight excluding hydrogens is 370 g/mol. The SMILES string of the molecule is Cc1ccc(-n2nnnc2SCC(=O)Nc2ccccc2C(C)(C)C)c(C)c1. The molecule has 3 aromatic rings. The number of nitrogens with one attached hydrogen (secondary N) is 1. The smallest absolute Gasteiger partial charge is 0.234 e. The summed E-state index contributed by atoms with van der Waals surface area (Å²) in [5.41, 5.74) is 5.07. The van der Waals surface area contributed by atoms with Crippen LogP contribution in [0.2, 0.25) is 0 Å². The minimum atomic E-state index is -0.0862. The molecule has 0 unspecified atom stereocenters. The van der Waals surface area contributed by atoms with Crippen molar-refractivity contribution in [3.63, 3.8) is 0 Å². The van der Waals surface area contributed by atoms with Crippen LogP contribution in [-0.2, 0) is 10.2 Å². The van der Waals surface area contributed by atoms with Crippen molar-refractivity contribution in [1.29, 1.82) is 0 Å². The molecular formula is C21H25N5OS. The first-order valence-corrected chi connectivity index (χ1v) is 10.1. The Kier molecular flexibility index (Phi) is 5.84. The molecule has 0 aliphatic carbocycles. The zero-order valence-corrected chi connectivity index (χ0v) is 17.7. The van der Waals surface area contributed by atoms with E-state index >= 15 is 0 Å². The molecule has 0 saturated heterocycles. The van der Waals surface area contributed by atoms with Gasteiger partial charge >= 0.3 is 0 Å². The molecule has 3 rings (SSSR count). The molecule has 2 aromatic carbocycles. The molecule has 0 saturated carbocycles. The predicted octanol–water partition coefficient (Wildman–Crippen LogP) is 4.31. The average molecular weight is 396 g/mol. The zero-order valence-electron chi connectivity index (χ0n) is 16.9. The number of hydrogen-bond donors (Lipinski definition) is 1. The first-order chi connectivity index (χ1) is 13.3. The van der Waals surface area contributed by atoms with E-state index in [1.165, 1.54) is 17.3 Å². The number of anilines is 1. The summed E-state index contributed by atoms with van der Waals surface area (Å²) in [4.78, 5) is 12.5. The van der Waals surface area contributed by atoms with Gasteiger partial charge in [-0.05, 0) is 52.9 Å². The van der Waals surface area contributed by atoms with Crippen LogP contribution in [0.15, 0.2) is 47.6 Å². The molecule has 0 fully saturated rings. The maximum Gasteiger partial charge on any atom is 0.234 e. The standard InChI is InChI=1S/C21H25N5OS/c1-14-10-11-18(15(2)12-14)26-20(23-24-25-26)28-13-19(27)22-17-9-7-6-8-16(17)21(3,4)5/h6-12H,13H2,1-5H3,(H,22,27). The summed E-state index contributed by atoms with van der Waals surface area (Å²) in [6.45, 7) is 10.5. The van der Waals surface area contributed by atoms with E-state index in [0.29, 0.717) is 5.16 Å². The number of para-hydroxylation sites is 1. The lowest BCUT2D eigenvalue weighted by molar-refractivity contribution is -0.113. The average Bonchev–Trinajstić information content (AvgIpc) is 3.08. The van der Waals surface area contributed by atoms with Crippen LogP contribution in [0.3, 0.4) is 0 Å². The Bertz CT molecular complexity index is 990. The van der Waals surface area contributed by atoms with Crippen LogP contribution >= 0.6 is 11.8 Å². The van der Waals surface area contributed by atoms with Gasteiger partial charge in [-0.3, -0.25) is 4.79 Å². The molecule has 0 radical (unpaired) electrons. The van der Waals surface area contributed by atoms with Gasteiger partial charge in [0.1, 0.15) is 0 Å². The van der Waals surface area contributed by atoms with Crippen molar-refractivity contribution in [2.45, 2.75) is 45.2 Å². The van der Waals surface area contributed by atoms with Gasteiger partial charge in [-0.25, -0.2) is 0 Å². The highest BCUT2D eigenvalue weighted by Gasteiger charge is 2.19. The second-order valence-corrected chi connectivity index (χ2v) is 8.74. The third-order valence-corrected chi connectivity index (χ3v) is 5.28. The number of carbonyl (C=O) groups excluding carboxylic acids is 1. The van der Waals surface area contributed by atoms with Gasteiger partial charge in [0.05, 0.1) is 11.4 Å². The first-order valence-electron chi connectivity index (χ1n) is 9.14. The number of hydrogen-bond acceptors (Lipinski definition) is 5. The molecule has 0 spiro atoms. The molecule has 1 heterocycles. The minimum absolute atomic E-state index is 0.0515. The predicted molar refractivity (Wildman–Crippen MR) is 113 cm³/mol. The zero-order chi connectivity index (χ0) is 20.3. The fraction of sp³-hybridized carbons (Fsp3) is 0.333. The van der Waals surface area contributed by atoms with E-state index in [4.69, 9.17) is 0 Å². The summed E-state index contributed by atoms with van der Waals surface area (Å²) in [5, 5.41) is 15.6. The number of amides is 1. The summed E-state index contributed by atoms with van der Waals surface area (Å²) in [5.74, 6) is 0.140. The molecule has 0 aliphatic heterocycles. The Morgan fingerprint density at radius 3 is 2.61 bits per heavy atom. The van der Waals surface area contributed by atoms with Crippen molar-refractivity contribution >= 4 is 23.4 Å². The summed E-state index contributed by atoms with van der Waals surface area (Å²) in [6, 6.07) is 14.0. The summed E-state index contributed by atoms with van der Waals surface area (Å²) < 4.78 is 1.68. The van der Waals surface area contributed by atoms with E-state index in [0.717, 1.165) is 22.5 Å². The van der Waals surface area contributed by atoms with Crippen LogP contribution in [-0.4, -0.2) is 31.9 Å². The maximum absolute atomic E-state index is 12.5. The highest BCUT2D eigenvalue weighted by atomic mass is 32.2. The Labute approximate surface area is 169 Å². The summed E-state index contributed by atoms with van der Waals surface area (Å²) in [6.07, 6.45) is 0. The fourth-order valence-electron chi connectivity index (χ4n) is 3.03. The third kappa shape index (κ3) is 4.59. The third-order valence-electron chi connectivity index (χ3n) is 4.36. The highest BCUT2D eigenvalue weighted by molar-refractivity contribution is 7.99. The lowest BCUT2D eigenvalue weighted by Crippen LogP contribution is -2.20. The molecule has 0 bridgehead atoms.